The van der Waals surface area contributed by atoms with Gasteiger partial charge in [0, 0.05) is 6.54 Å². The van der Waals surface area contributed by atoms with Crippen LogP contribution in [-0.4, -0.2) is 29.7 Å². The van der Waals surface area contributed by atoms with Crippen molar-refractivity contribution in [2.45, 2.75) is 64.8 Å². The molecule has 0 radical (unpaired) electrons. The molecular weight excluding hydrogens is 244 g/mol. The highest BCUT2D eigenvalue weighted by Gasteiger charge is 2.35. The average molecular weight is 270 g/mol. The van der Waals surface area contributed by atoms with Crippen LogP contribution in [-0.2, 0) is 4.79 Å². The highest BCUT2D eigenvalue weighted by molar-refractivity contribution is 5.82. The molecule has 0 aromatic heterocycles. The number of carbonyl (C=O) groups is 2. The minimum Gasteiger partial charge on any atom is -0.480 e. The van der Waals surface area contributed by atoms with E-state index in [9.17, 15) is 9.59 Å². The molecule has 5 nitrogen and oxygen atoms in total. The summed E-state index contributed by atoms with van der Waals surface area (Å²) >= 11 is 0. The zero-order valence-electron chi connectivity index (χ0n) is 12.0. The maximum atomic E-state index is 11.7. The Balaban J connectivity index is 2.33. The summed E-state index contributed by atoms with van der Waals surface area (Å²) in [7, 11) is 0. The highest BCUT2D eigenvalue weighted by atomic mass is 16.4. The fourth-order valence-electron chi connectivity index (χ4n) is 2.47. The predicted molar refractivity (Wildman–Crippen MR) is 74.1 cm³/mol. The van der Waals surface area contributed by atoms with Crippen molar-refractivity contribution < 1.29 is 14.7 Å². The van der Waals surface area contributed by atoms with E-state index in [1.54, 1.807) is 0 Å². The number of unbranched alkanes of at least 4 members (excludes halogenated alkanes) is 1. The number of nitrogens with one attached hydrogen (secondary N) is 2. The molecule has 1 aliphatic rings. The summed E-state index contributed by atoms with van der Waals surface area (Å²) in [5.41, 5.74) is 0.249. The van der Waals surface area contributed by atoms with Crippen molar-refractivity contribution in [3.63, 3.8) is 0 Å². The van der Waals surface area contributed by atoms with Crippen LogP contribution in [0.4, 0.5) is 4.79 Å². The standard InChI is InChI=1S/C14H26N2O3/c1-3-5-7-11(12(17)18)16-13(19)15-10-14(4-2)8-6-9-14/h11H,3-10H2,1-2H3,(H,17,18)(H2,15,16,19). The smallest absolute Gasteiger partial charge is 0.326 e. The topological polar surface area (TPSA) is 78.4 Å². The van der Waals surface area contributed by atoms with Crippen molar-refractivity contribution in [1.82, 2.24) is 10.6 Å². The van der Waals surface area contributed by atoms with Crippen LogP contribution >= 0.6 is 0 Å². The van der Waals surface area contributed by atoms with Crippen LogP contribution in [0.2, 0.25) is 0 Å². The molecule has 19 heavy (non-hydrogen) atoms. The summed E-state index contributed by atoms with van der Waals surface area (Å²) < 4.78 is 0. The van der Waals surface area contributed by atoms with Crippen LogP contribution < -0.4 is 10.6 Å². The van der Waals surface area contributed by atoms with E-state index >= 15 is 0 Å². The Kier molecular flexibility index (Phi) is 6.12. The van der Waals surface area contributed by atoms with Gasteiger partial charge in [0.15, 0.2) is 0 Å². The number of aliphatic carboxylic acids is 1. The van der Waals surface area contributed by atoms with E-state index in [2.05, 4.69) is 17.6 Å². The lowest BCUT2D eigenvalue weighted by molar-refractivity contribution is -0.139. The van der Waals surface area contributed by atoms with Crippen molar-refractivity contribution >= 4 is 12.0 Å². The fourth-order valence-corrected chi connectivity index (χ4v) is 2.47. The Hall–Kier alpha value is -1.26. The molecule has 1 fully saturated rings. The molecular formula is C14H26N2O3. The number of hydrogen-bond donors (Lipinski definition) is 3. The van der Waals surface area contributed by atoms with E-state index in [0.717, 1.165) is 32.1 Å². The van der Waals surface area contributed by atoms with Crippen LogP contribution in [0.15, 0.2) is 0 Å². The van der Waals surface area contributed by atoms with Gasteiger partial charge < -0.3 is 15.7 Å². The molecule has 1 aliphatic carbocycles. The first kappa shape index (κ1) is 15.8. The molecule has 0 aliphatic heterocycles. The number of carbonyl (C=O) groups excluding carboxylic acids is 1. The Labute approximate surface area is 115 Å². The molecule has 110 valence electrons. The molecule has 2 amide bonds. The SMILES string of the molecule is CCCCC(NC(=O)NCC1(CC)CCC1)C(=O)O. The van der Waals surface area contributed by atoms with Crippen LogP contribution in [0.1, 0.15) is 58.8 Å². The van der Waals surface area contributed by atoms with Crippen molar-refractivity contribution in [1.29, 1.82) is 0 Å². The summed E-state index contributed by atoms with van der Waals surface area (Å²) in [6.45, 7) is 4.79. The van der Waals surface area contributed by atoms with E-state index in [1.807, 2.05) is 6.92 Å². The molecule has 1 saturated carbocycles. The molecule has 3 N–H and O–H groups in total. The summed E-state index contributed by atoms with van der Waals surface area (Å²) in [5.74, 6) is -0.961. The molecule has 0 heterocycles. The van der Waals surface area contributed by atoms with Gasteiger partial charge in [-0.1, -0.05) is 33.1 Å². The van der Waals surface area contributed by atoms with Gasteiger partial charge in [-0.2, -0.15) is 0 Å². The predicted octanol–water partition coefficient (Wildman–Crippen LogP) is 2.51. The summed E-state index contributed by atoms with van der Waals surface area (Å²) in [6, 6.07) is -1.14. The van der Waals surface area contributed by atoms with E-state index in [1.165, 1.54) is 6.42 Å². The van der Waals surface area contributed by atoms with Gasteiger partial charge in [0.1, 0.15) is 6.04 Å². The lowest BCUT2D eigenvalue weighted by Gasteiger charge is -2.41. The molecule has 1 atom stereocenters. The lowest BCUT2D eigenvalue weighted by Crippen LogP contribution is -2.49. The Morgan fingerprint density at radius 2 is 2.00 bits per heavy atom. The summed E-state index contributed by atoms with van der Waals surface area (Å²) in [4.78, 5) is 22.8. The molecule has 0 aromatic rings. The number of hydrogen-bond acceptors (Lipinski definition) is 2. The van der Waals surface area contributed by atoms with Gasteiger partial charge in [0.05, 0.1) is 0 Å². The minimum atomic E-state index is -0.961. The van der Waals surface area contributed by atoms with Crippen LogP contribution in [0, 0.1) is 5.41 Å². The van der Waals surface area contributed by atoms with Gasteiger partial charge in [-0.15, -0.1) is 0 Å². The molecule has 0 spiro atoms. The molecule has 5 heteroatoms. The number of rotatable bonds is 8. The maximum Gasteiger partial charge on any atom is 0.326 e. The summed E-state index contributed by atoms with van der Waals surface area (Å²) in [6.07, 6.45) is 6.81. The van der Waals surface area contributed by atoms with Gasteiger partial charge in [-0.25, -0.2) is 9.59 Å². The van der Waals surface area contributed by atoms with E-state index < -0.39 is 12.0 Å². The second kappa shape index (κ2) is 7.36. The van der Waals surface area contributed by atoms with E-state index in [0.29, 0.717) is 13.0 Å². The third-order valence-electron chi connectivity index (χ3n) is 4.24. The number of amides is 2. The van der Waals surface area contributed by atoms with Gasteiger partial charge in [0.2, 0.25) is 0 Å². The molecule has 1 rings (SSSR count). The third kappa shape index (κ3) is 4.73. The quantitative estimate of drug-likeness (QED) is 0.634. The number of carboxylic acids is 1. The Morgan fingerprint density at radius 3 is 2.42 bits per heavy atom. The fraction of sp³-hybridized carbons (Fsp3) is 0.857. The van der Waals surface area contributed by atoms with Gasteiger partial charge >= 0.3 is 12.0 Å². The van der Waals surface area contributed by atoms with Gasteiger partial charge in [0.25, 0.3) is 0 Å². The highest BCUT2D eigenvalue weighted by Crippen LogP contribution is 2.42. The molecule has 1 unspecified atom stereocenters. The van der Waals surface area contributed by atoms with Crippen molar-refractivity contribution in [3.8, 4) is 0 Å². The first-order chi connectivity index (χ1) is 9.03. The second-order valence-electron chi connectivity index (χ2n) is 5.57. The minimum absolute atomic E-state index is 0.249. The van der Waals surface area contributed by atoms with E-state index in [-0.39, 0.29) is 11.4 Å². The largest absolute Gasteiger partial charge is 0.480 e. The third-order valence-corrected chi connectivity index (χ3v) is 4.24. The van der Waals surface area contributed by atoms with Crippen molar-refractivity contribution in [2.75, 3.05) is 6.54 Å². The van der Waals surface area contributed by atoms with Crippen molar-refractivity contribution in [3.05, 3.63) is 0 Å². The zero-order valence-corrected chi connectivity index (χ0v) is 12.0. The van der Waals surface area contributed by atoms with Gasteiger partial charge in [-0.05, 0) is 31.1 Å². The summed E-state index contributed by atoms with van der Waals surface area (Å²) in [5, 5.41) is 14.4. The lowest BCUT2D eigenvalue weighted by atomic mass is 9.67. The maximum absolute atomic E-state index is 11.7. The first-order valence-corrected chi connectivity index (χ1v) is 7.30. The first-order valence-electron chi connectivity index (χ1n) is 7.30. The van der Waals surface area contributed by atoms with Crippen LogP contribution in [0.25, 0.3) is 0 Å². The normalized spacial score (nSPS) is 18.2. The number of carboxylic acid groups (broad SMARTS) is 1. The van der Waals surface area contributed by atoms with E-state index in [4.69, 9.17) is 5.11 Å². The average Bonchev–Trinajstić information content (AvgIpc) is 2.33. The Bertz CT molecular complexity index is 308. The molecule has 0 bridgehead atoms. The van der Waals surface area contributed by atoms with Crippen LogP contribution in [0.5, 0.6) is 0 Å². The molecule has 0 saturated heterocycles. The van der Waals surface area contributed by atoms with Crippen molar-refractivity contribution in [2.24, 2.45) is 5.41 Å². The zero-order chi connectivity index (χ0) is 14.3. The van der Waals surface area contributed by atoms with Crippen LogP contribution in [0.3, 0.4) is 0 Å². The monoisotopic (exact) mass is 270 g/mol. The second-order valence-corrected chi connectivity index (χ2v) is 5.57. The molecule has 0 aromatic carbocycles. The van der Waals surface area contributed by atoms with Gasteiger partial charge in [-0.3, -0.25) is 0 Å². The Morgan fingerprint density at radius 1 is 1.32 bits per heavy atom. The number of urea groups is 1.